The topological polar surface area (TPSA) is 72.8 Å². The van der Waals surface area contributed by atoms with E-state index in [0.29, 0.717) is 5.75 Å². The maximum absolute atomic E-state index is 11.5. The molecule has 0 spiro atoms. The Labute approximate surface area is 98.0 Å². The Morgan fingerprint density at radius 2 is 2.12 bits per heavy atom. The molecule has 1 aliphatic heterocycles. The van der Waals surface area contributed by atoms with Gasteiger partial charge in [0.05, 0.1) is 7.11 Å². The highest BCUT2D eigenvalue weighted by Crippen LogP contribution is 2.31. The molecule has 0 saturated heterocycles. The summed E-state index contributed by atoms with van der Waals surface area (Å²) in [6.07, 6.45) is -0.807. The van der Waals surface area contributed by atoms with Crippen LogP contribution in [0.3, 0.4) is 0 Å². The molecule has 1 heterocycles. The molecule has 0 bridgehead atoms. The first kappa shape index (κ1) is 11.4. The lowest BCUT2D eigenvalue weighted by molar-refractivity contribution is -0.160. The highest BCUT2D eigenvalue weighted by molar-refractivity contribution is 5.84. The summed E-state index contributed by atoms with van der Waals surface area (Å²) in [5.41, 5.74) is 0.792. The number of fused-ring (bicyclic) bond motifs is 1. The van der Waals surface area contributed by atoms with Gasteiger partial charge in [0.1, 0.15) is 11.7 Å². The average Bonchev–Trinajstić information content (AvgIpc) is 2.36. The molecule has 0 amide bonds. The van der Waals surface area contributed by atoms with Crippen LogP contribution in [0.2, 0.25) is 0 Å². The van der Waals surface area contributed by atoms with Crippen molar-refractivity contribution in [3.63, 3.8) is 0 Å². The van der Waals surface area contributed by atoms with Gasteiger partial charge in [-0.2, -0.15) is 0 Å². The molecule has 17 heavy (non-hydrogen) atoms. The smallest absolute Gasteiger partial charge is 0.347 e. The number of hydrogen-bond acceptors (Lipinski definition) is 4. The Balaban J connectivity index is 2.34. The number of carbonyl (C=O) groups is 2. The highest BCUT2D eigenvalue weighted by Gasteiger charge is 2.40. The van der Waals surface area contributed by atoms with Gasteiger partial charge in [-0.1, -0.05) is 18.2 Å². The minimum atomic E-state index is -1.08. The molecule has 0 aliphatic carbocycles. The van der Waals surface area contributed by atoms with Gasteiger partial charge >= 0.3 is 11.9 Å². The number of esters is 1. The van der Waals surface area contributed by atoms with Crippen molar-refractivity contribution in [3.05, 3.63) is 29.8 Å². The van der Waals surface area contributed by atoms with E-state index < -0.39 is 24.0 Å². The van der Waals surface area contributed by atoms with E-state index in [1.54, 1.807) is 24.3 Å². The Hall–Kier alpha value is -2.04. The largest absolute Gasteiger partial charge is 0.481 e. The molecular weight excluding hydrogens is 224 g/mol. The number of carboxylic acids is 1. The van der Waals surface area contributed by atoms with E-state index in [2.05, 4.69) is 4.74 Å². The van der Waals surface area contributed by atoms with Crippen molar-refractivity contribution in [2.24, 2.45) is 5.92 Å². The first-order valence-electron chi connectivity index (χ1n) is 5.18. The molecule has 0 saturated carbocycles. The van der Waals surface area contributed by atoms with Crippen LogP contribution in [-0.4, -0.2) is 30.3 Å². The number of benzene rings is 1. The van der Waals surface area contributed by atoms with Gasteiger partial charge in [-0.25, -0.2) is 4.79 Å². The number of para-hydroxylation sites is 1. The van der Waals surface area contributed by atoms with E-state index >= 15 is 0 Å². The van der Waals surface area contributed by atoms with Crippen LogP contribution in [0.1, 0.15) is 5.56 Å². The summed E-state index contributed by atoms with van der Waals surface area (Å²) in [6.45, 7) is 0. The number of methoxy groups -OCH3 is 1. The van der Waals surface area contributed by atoms with Crippen LogP contribution in [0.25, 0.3) is 0 Å². The van der Waals surface area contributed by atoms with Gasteiger partial charge in [-0.15, -0.1) is 0 Å². The standard InChI is InChI=1S/C12H12O5/c1-16-12(15)10-8(11(13)14)6-7-4-2-3-5-9(7)17-10/h2-5,8,10H,6H2,1H3,(H,13,14). The molecule has 1 aliphatic rings. The third-order valence-corrected chi connectivity index (χ3v) is 2.78. The van der Waals surface area contributed by atoms with Crippen LogP contribution >= 0.6 is 0 Å². The molecule has 2 rings (SSSR count). The van der Waals surface area contributed by atoms with Crippen molar-refractivity contribution >= 4 is 11.9 Å². The fourth-order valence-corrected chi connectivity index (χ4v) is 1.90. The lowest BCUT2D eigenvalue weighted by Gasteiger charge is -2.29. The van der Waals surface area contributed by atoms with E-state index in [0.717, 1.165) is 5.56 Å². The number of ether oxygens (including phenoxy) is 2. The first-order chi connectivity index (χ1) is 8.13. The molecule has 1 aromatic carbocycles. The normalized spacial score (nSPS) is 22.2. The Morgan fingerprint density at radius 1 is 1.41 bits per heavy atom. The van der Waals surface area contributed by atoms with Crippen molar-refractivity contribution in [1.82, 2.24) is 0 Å². The van der Waals surface area contributed by atoms with Gasteiger partial charge in [0, 0.05) is 0 Å². The summed E-state index contributed by atoms with van der Waals surface area (Å²) in [5, 5.41) is 9.09. The molecule has 90 valence electrons. The zero-order valence-electron chi connectivity index (χ0n) is 9.25. The summed E-state index contributed by atoms with van der Waals surface area (Å²) in [7, 11) is 1.21. The van der Waals surface area contributed by atoms with Crippen LogP contribution in [0.4, 0.5) is 0 Å². The zero-order chi connectivity index (χ0) is 12.4. The monoisotopic (exact) mass is 236 g/mol. The molecule has 1 aromatic rings. The molecule has 5 nitrogen and oxygen atoms in total. The first-order valence-corrected chi connectivity index (χ1v) is 5.18. The quantitative estimate of drug-likeness (QED) is 0.771. The Morgan fingerprint density at radius 3 is 2.76 bits per heavy atom. The molecule has 0 radical (unpaired) electrons. The van der Waals surface area contributed by atoms with Crippen LogP contribution < -0.4 is 4.74 Å². The minimum absolute atomic E-state index is 0.269. The van der Waals surface area contributed by atoms with Gasteiger partial charge in [-0.3, -0.25) is 4.79 Å². The second-order valence-corrected chi connectivity index (χ2v) is 3.82. The maximum Gasteiger partial charge on any atom is 0.347 e. The molecule has 2 unspecified atom stereocenters. The molecule has 0 fully saturated rings. The summed E-state index contributed by atoms with van der Waals surface area (Å²) in [5.74, 6) is -2.08. The molecule has 0 aromatic heterocycles. The van der Waals surface area contributed by atoms with E-state index in [-0.39, 0.29) is 6.42 Å². The zero-order valence-corrected chi connectivity index (χ0v) is 9.25. The Kier molecular flexibility index (Phi) is 2.99. The SMILES string of the molecule is COC(=O)C1Oc2ccccc2CC1C(=O)O. The maximum atomic E-state index is 11.5. The molecule has 1 N–H and O–H groups in total. The van der Waals surface area contributed by atoms with E-state index in [1.807, 2.05) is 0 Å². The predicted octanol–water partition coefficient (Wildman–Crippen LogP) is 0.864. The van der Waals surface area contributed by atoms with Crippen molar-refractivity contribution in [1.29, 1.82) is 0 Å². The second kappa shape index (κ2) is 4.45. The van der Waals surface area contributed by atoms with Gasteiger partial charge in [0.15, 0.2) is 0 Å². The van der Waals surface area contributed by atoms with Gasteiger partial charge < -0.3 is 14.6 Å². The number of hydrogen-bond donors (Lipinski definition) is 1. The van der Waals surface area contributed by atoms with Crippen molar-refractivity contribution in [2.75, 3.05) is 7.11 Å². The fraction of sp³-hybridized carbons (Fsp3) is 0.333. The summed E-state index contributed by atoms with van der Waals surface area (Å²) < 4.78 is 9.96. The summed E-state index contributed by atoms with van der Waals surface area (Å²) in [6, 6.07) is 7.08. The number of carbonyl (C=O) groups excluding carboxylic acids is 1. The molecular formula is C12H12O5. The second-order valence-electron chi connectivity index (χ2n) is 3.82. The minimum Gasteiger partial charge on any atom is -0.481 e. The third-order valence-electron chi connectivity index (χ3n) is 2.78. The fourth-order valence-electron chi connectivity index (χ4n) is 1.90. The van der Waals surface area contributed by atoms with Crippen LogP contribution in [-0.2, 0) is 20.7 Å². The van der Waals surface area contributed by atoms with Crippen LogP contribution in [0, 0.1) is 5.92 Å². The molecule has 2 atom stereocenters. The van der Waals surface area contributed by atoms with Gasteiger partial charge in [0.2, 0.25) is 6.10 Å². The van der Waals surface area contributed by atoms with Gasteiger partial charge in [0.25, 0.3) is 0 Å². The van der Waals surface area contributed by atoms with Crippen LogP contribution in [0.15, 0.2) is 24.3 Å². The lowest BCUT2D eigenvalue weighted by atomic mass is 9.90. The average molecular weight is 236 g/mol. The number of aliphatic carboxylic acids is 1. The summed E-state index contributed by atoms with van der Waals surface area (Å²) >= 11 is 0. The van der Waals surface area contributed by atoms with Crippen LogP contribution in [0.5, 0.6) is 5.75 Å². The van der Waals surface area contributed by atoms with Crippen molar-refractivity contribution < 1.29 is 24.2 Å². The van der Waals surface area contributed by atoms with Crippen molar-refractivity contribution in [3.8, 4) is 5.75 Å². The Bertz CT molecular complexity index is 454. The van der Waals surface area contributed by atoms with E-state index in [9.17, 15) is 9.59 Å². The predicted molar refractivity (Wildman–Crippen MR) is 57.7 cm³/mol. The summed E-state index contributed by atoms with van der Waals surface area (Å²) in [4.78, 5) is 22.6. The highest BCUT2D eigenvalue weighted by atomic mass is 16.6. The third kappa shape index (κ3) is 2.08. The lowest BCUT2D eigenvalue weighted by Crippen LogP contribution is -2.44. The van der Waals surface area contributed by atoms with E-state index in [4.69, 9.17) is 9.84 Å². The van der Waals surface area contributed by atoms with Gasteiger partial charge in [-0.05, 0) is 18.1 Å². The number of rotatable bonds is 2. The van der Waals surface area contributed by atoms with Crippen molar-refractivity contribution in [2.45, 2.75) is 12.5 Å². The number of carboxylic acid groups (broad SMARTS) is 1. The molecule has 5 heteroatoms. The van der Waals surface area contributed by atoms with E-state index in [1.165, 1.54) is 7.11 Å².